The highest BCUT2D eigenvalue weighted by atomic mass is 19.1. The number of alkyl halides is 2. The molecule has 0 aliphatic carbocycles. The van der Waals surface area contributed by atoms with E-state index in [0.717, 1.165) is 12.8 Å². The van der Waals surface area contributed by atoms with Gasteiger partial charge in [-0.2, -0.15) is 0 Å². The highest BCUT2D eigenvalue weighted by Crippen LogP contribution is 2.40. The van der Waals surface area contributed by atoms with Crippen molar-refractivity contribution < 1.29 is 8.78 Å². The Morgan fingerprint density at radius 3 is 1.52 bits per heavy atom. The van der Waals surface area contributed by atoms with E-state index >= 15 is 4.39 Å². The fraction of sp³-hybridized carbons (Fsp3) is 1.00. The maximum Gasteiger partial charge on any atom is 0.111 e. The minimum atomic E-state index is -1.19. The number of hydrogen-bond acceptors (Lipinski definition) is 0. The molecule has 0 aromatic carbocycles. The molecule has 1 unspecified atom stereocenters. The van der Waals surface area contributed by atoms with E-state index in [0.29, 0.717) is 43.9 Å². The molecular weight excluding hydrogens is 266 g/mol. The first kappa shape index (κ1) is 20.9. The zero-order chi connectivity index (χ0) is 16.7. The average molecular weight is 305 g/mol. The van der Waals surface area contributed by atoms with Crippen molar-refractivity contribution in [3.63, 3.8) is 0 Å². The van der Waals surface area contributed by atoms with E-state index in [1.807, 2.05) is 13.8 Å². The van der Waals surface area contributed by atoms with Crippen molar-refractivity contribution in [1.29, 1.82) is 0 Å². The quantitative estimate of drug-likeness (QED) is 0.381. The molecule has 0 aliphatic heterocycles. The molecule has 0 nitrogen and oxygen atoms in total. The summed E-state index contributed by atoms with van der Waals surface area (Å²) in [4.78, 5) is 0. The zero-order valence-corrected chi connectivity index (χ0v) is 15.4. The van der Waals surface area contributed by atoms with Gasteiger partial charge >= 0.3 is 0 Å². The summed E-state index contributed by atoms with van der Waals surface area (Å²) in [6.45, 7) is 14.1. The molecule has 0 aliphatic rings. The first-order chi connectivity index (χ1) is 9.59. The monoisotopic (exact) mass is 304 g/mol. The summed E-state index contributed by atoms with van der Waals surface area (Å²) in [6.07, 6.45) is 4.60. The molecule has 0 spiro atoms. The molecule has 0 fully saturated rings. The van der Waals surface area contributed by atoms with Crippen LogP contribution in [0, 0.1) is 17.8 Å². The van der Waals surface area contributed by atoms with Gasteiger partial charge in [0.05, 0.1) is 0 Å². The summed E-state index contributed by atoms with van der Waals surface area (Å²) in [5.74, 6) is 0.687. The van der Waals surface area contributed by atoms with Crippen LogP contribution >= 0.6 is 0 Å². The molecule has 0 N–H and O–H groups in total. The standard InChI is InChI=1S/C19H38F2/c1-8-11-19(21,12-9-2)14-10-13-18(7,20)17(15(3)4)16(5)6/h15-17H,8-14H2,1-7H3. The summed E-state index contributed by atoms with van der Waals surface area (Å²) in [7, 11) is 0. The molecule has 0 bridgehead atoms. The van der Waals surface area contributed by atoms with Crippen molar-refractivity contribution in [2.24, 2.45) is 17.8 Å². The lowest BCUT2D eigenvalue weighted by Crippen LogP contribution is -2.37. The van der Waals surface area contributed by atoms with Crippen LogP contribution in [-0.4, -0.2) is 11.3 Å². The second kappa shape index (κ2) is 9.10. The summed E-state index contributed by atoms with van der Waals surface area (Å²) in [5, 5.41) is 0. The Balaban J connectivity index is 4.60. The van der Waals surface area contributed by atoms with Gasteiger partial charge in [-0.3, -0.25) is 0 Å². The van der Waals surface area contributed by atoms with Gasteiger partial charge in [0, 0.05) is 0 Å². The maximum atomic E-state index is 15.1. The Bertz CT molecular complexity index is 255. The van der Waals surface area contributed by atoms with Crippen molar-refractivity contribution in [2.75, 3.05) is 0 Å². The maximum absolute atomic E-state index is 15.1. The highest BCUT2D eigenvalue weighted by molar-refractivity contribution is 4.88. The summed E-state index contributed by atoms with van der Waals surface area (Å²) in [6, 6.07) is 0. The third-order valence-corrected chi connectivity index (χ3v) is 4.82. The molecule has 0 aromatic heterocycles. The van der Waals surface area contributed by atoms with E-state index in [-0.39, 0.29) is 5.92 Å². The average Bonchev–Trinajstić information content (AvgIpc) is 2.26. The summed E-state index contributed by atoms with van der Waals surface area (Å²) < 4.78 is 29.8. The van der Waals surface area contributed by atoms with E-state index in [1.54, 1.807) is 6.92 Å². The first-order valence-corrected chi connectivity index (χ1v) is 8.97. The van der Waals surface area contributed by atoms with E-state index in [1.165, 1.54) is 0 Å². The van der Waals surface area contributed by atoms with Gasteiger partial charge < -0.3 is 0 Å². The van der Waals surface area contributed by atoms with Crippen molar-refractivity contribution in [3.05, 3.63) is 0 Å². The van der Waals surface area contributed by atoms with Crippen LogP contribution in [0.25, 0.3) is 0 Å². The van der Waals surface area contributed by atoms with Gasteiger partial charge in [-0.25, -0.2) is 8.78 Å². The van der Waals surface area contributed by atoms with Crippen LogP contribution < -0.4 is 0 Å². The van der Waals surface area contributed by atoms with Gasteiger partial charge in [-0.15, -0.1) is 0 Å². The lowest BCUT2D eigenvalue weighted by Gasteiger charge is -2.37. The lowest BCUT2D eigenvalue weighted by molar-refractivity contribution is 0.0224. The van der Waals surface area contributed by atoms with Crippen LogP contribution in [0.2, 0.25) is 0 Å². The largest absolute Gasteiger partial charge is 0.244 e. The third-order valence-electron chi connectivity index (χ3n) is 4.82. The summed E-state index contributed by atoms with van der Waals surface area (Å²) in [5.41, 5.74) is -2.27. The molecular formula is C19H38F2. The van der Waals surface area contributed by atoms with E-state index < -0.39 is 11.3 Å². The summed E-state index contributed by atoms with van der Waals surface area (Å²) >= 11 is 0. The minimum absolute atomic E-state index is 0.0452. The van der Waals surface area contributed by atoms with Crippen molar-refractivity contribution in [3.8, 4) is 0 Å². The number of rotatable bonds is 11. The Morgan fingerprint density at radius 1 is 0.762 bits per heavy atom. The van der Waals surface area contributed by atoms with E-state index in [2.05, 4.69) is 27.7 Å². The molecule has 0 heterocycles. The molecule has 0 aromatic rings. The topological polar surface area (TPSA) is 0 Å². The first-order valence-electron chi connectivity index (χ1n) is 8.97. The molecule has 0 radical (unpaired) electrons. The Labute approximate surface area is 132 Å². The van der Waals surface area contributed by atoms with Crippen LogP contribution in [0.1, 0.15) is 93.4 Å². The predicted molar refractivity (Wildman–Crippen MR) is 90.2 cm³/mol. The second-order valence-electron chi connectivity index (χ2n) is 7.80. The third kappa shape index (κ3) is 7.10. The Morgan fingerprint density at radius 2 is 1.19 bits per heavy atom. The van der Waals surface area contributed by atoms with Crippen LogP contribution in [-0.2, 0) is 0 Å². The normalized spacial score (nSPS) is 16.0. The fourth-order valence-corrected chi connectivity index (χ4v) is 4.35. The van der Waals surface area contributed by atoms with E-state index in [4.69, 9.17) is 0 Å². The van der Waals surface area contributed by atoms with E-state index in [9.17, 15) is 4.39 Å². The van der Waals surface area contributed by atoms with Gasteiger partial charge in [-0.1, -0.05) is 54.4 Å². The highest BCUT2D eigenvalue weighted by Gasteiger charge is 2.38. The van der Waals surface area contributed by atoms with Crippen LogP contribution in [0.5, 0.6) is 0 Å². The van der Waals surface area contributed by atoms with Gasteiger partial charge in [-0.05, 0) is 56.8 Å². The molecule has 0 saturated heterocycles. The molecule has 21 heavy (non-hydrogen) atoms. The van der Waals surface area contributed by atoms with Crippen molar-refractivity contribution in [1.82, 2.24) is 0 Å². The second-order valence-corrected chi connectivity index (χ2v) is 7.80. The van der Waals surface area contributed by atoms with Gasteiger partial charge in [0.15, 0.2) is 0 Å². The number of halogens is 2. The van der Waals surface area contributed by atoms with Crippen LogP contribution in [0.3, 0.4) is 0 Å². The van der Waals surface area contributed by atoms with Crippen molar-refractivity contribution in [2.45, 2.75) is 105 Å². The van der Waals surface area contributed by atoms with Gasteiger partial charge in [0.2, 0.25) is 0 Å². The van der Waals surface area contributed by atoms with Crippen LogP contribution in [0.15, 0.2) is 0 Å². The zero-order valence-electron chi connectivity index (χ0n) is 15.4. The molecule has 128 valence electrons. The van der Waals surface area contributed by atoms with Crippen molar-refractivity contribution >= 4 is 0 Å². The SMILES string of the molecule is CCCC(F)(CCC)CCCC(C)(F)C(C(C)C)C(C)C. The van der Waals surface area contributed by atoms with Gasteiger partial charge in [0.25, 0.3) is 0 Å². The molecule has 0 amide bonds. The smallest absolute Gasteiger partial charge is 0.111 e. The predicted octanol–water partition coefficient (Wildman–Crippen LogP) is 7.12. The van der Waals surface area contributed by atoms with Crippen LogP contribution in [0.4, 0.5) is 8.78 Å². The lowest BCUT2D eigenvalue weighted by atomic mass is 9.72. The number of hydrogen-bond donors (Lipinski definition) is 0. The van der Waals surface area contributed by atoms with Gasteiger partial charge in [0.1, 0.15) is 11.3 Å². The minimum Gasteiger partial charge on any atom is -0.244 e. The Hall–Kier alpha value is -0.140. The molecule has 0 saturated carbocycles. The Kier molecular flexibility index (Phi) is 9.04. The molecule has 0 rings (SSSR count). The molecule has 2 heteroatoms. The fourth-order valence-electron chi connectivity index (χ4n) is 4.35. The molecule has 1 atom stereocenters.